The zero-order chi connectivity index (χ0) is 13.4. The Hall–Kier alpha value is -2.14. The predicted molar refractivity (Wildman–Crippen MR) is 75.8 cm³/mol. The number of halogens is 1. The van der Waals surface area contributed by atoms with Crippen LogP contribution in [0.3, 0.4) is 0 Å². The van der Waals surface area contributed by atoms with Crippen LogP contribution in [0.25, 0.3) is 11.2 Å². The first-order valence-corrected chi connectivity index (χ1v) is 6.19. The van der Waals surface area contributed by atoms with Crippen molar-refractivity contribution in [1.29, 1.82) is 0 Å². The molecule has 0 amide bonds. The summed E-state index contributed by atoms with van der Waals surface area (Å²) in [4.78, 5) is 12.7. The second-order valence-corrected chi connectivity index (χ2v) is 4.70. The summed E-state index contributed by atoms with van der Waals surface area (Å²) in [6, 6.07) is 8.03. The zero-order valence-corrected chi connectivity index (χ0v) is 11.3. The van der Waals surface area contributed by atoms with Gasteiger partial charge in [-0.15, -0.1) is 0 Å². The number of nitrogens with one attached hydrogen (secondary N) is 1. The summed E-state index contributed by atoms with van der Waals surface area (Å²) in [5, 5.41) is 3.42. The van der Waals surface area contributed by atoms with E-state index in [-0.39, 0.29) is 5.28 Å². The van der Waals surface area contributed by atoms with Gasteiger partial charge in [-0.2, -0.15) is 9.97 Å². The van der Waals surface area contributed by atoms with Crippen molar-refractivity contribution >= 4 is 34.3 Å². The average molecular weight is 274 g/mol. The molecule has 3 rings (SSSR count). The van der Waals surface area contributed by atoms with Crippen LogP contribution < -0.4 is 5.32 Å². The van der Waals surface area contributed by atoms with Gasteiger partial charge < -0.3 is 9.88 Å². The predicted octanol–water partition coefficient (Wildman–Crippen LogP) is 3.07. The third kappa shape index (κ3) is 2.24. The second kappa shape index (κ2) is 4.51. The summed E-state index contributed by atoms with van der Waals surface area (Å²) in [5.74, 6) is 0.611. The topological polar surface area (TPSA) is 55.6 Å². The van der Waals surface area contributed by atoms with Crippen LogP contribution in [0, 0.1) is 6.92 Å². The molecule has 0 aliphatic carbocycles. The van der Waals surface area contributed by atoms with Crippen LogP contribution in [0.5, 0.6) is 0 Å². The maximum Gasteiger partial charge on any atom is 0.226 e. The van der Waals surface area contributed by atoms with Gasteiger partial charge in [-0.1, -0.05) is 17.7 Å². The van der Waals surface area contributed by atoms with E-state index in [4.69, 9.17) is 11.6 Å². The number of aryl methyl sites for hydroxylation is 2. The SMILES string of the molecule is Cc1ccc(Nc2nc(Cl)nc3c2ncn3C)cc1. The lowest BCUT2D eigenvalue weighted by atomic mass is 10.2. The van der Waals surface area contributed by atoms with Crippen molar-refractivity contribution in [3.05, 3.63) is 41.4 Å². The molecule has 96 valence electrons. The molecule has 1 N–H and O–H groups in total. The normalized spacial score (nSPS) is 10.9. The van der Waals surface area contributed by atoms with Gasteiger partial charge in [0, 0.05) is 12.7 Å². The third-order valence-corrected chi connectivity index (χ3v) is 3.02. The van der Waals surface area contributed by atoms with Crippen molar-refractivity contribution in [3.63, 3.8) is 0 Å². The number of hydrogen-bond acceptors (Lipinski definition) is 4. The summed E-state index contributed by atoms with van der Waals surface area (Å²) in [6.07, 6.45) is 1.69. The number of benzene rings is 1. The van der Waals surface area contributed by atoms with Gasteiger partial charge in [0.1, 0.15) is 0 Å². The standard InChI is InChI=1S/C13H12ClN5/c1-8-3-5-9(6-4-8)16-11-10-12(18-13(14)17-11)19(2)7-15-10/h3-7H,1-2H3,(H,16,17,18). The number of aromatic nitrogens is 4. The highest BCUT2D eigenvalue weighted by atomic mass is 35.5. The van der Waals surface area contributed by atoms with E-state index in [1.165, 1.54) is 5.56 Å². The molecule has 3 aromatic rings. The van der Waals surface area contributed by atoms with E-state index < -0.39 is 0 Å². The number of anilines is 2. The monoisotopic (exact) mass is 273 g/mol. The maximum atomic E-state index is 5.94. The molecule has 6 heteroatoms. The highest BCUT2D eigenvalue weighted by Gasteiger charge is 2.11. The van der Waals surface area contributed by atoms with Gasteiger partial charge in [-0.3, -0.25) is 0 Å². The molecule has 1 aromatic carbocycles. The summed E-state index contributed by atoms with van der Waals surface area (Å²) < 4.78 is 1.81. The van der Waals surface area contributed by atoms with E-state index in [1.807, 2.05) is 42.8 Å². The Morgan fingerprint density at radius 2 is 1.89 bits per heavy atom. The van der Waals surface area contributed by atoms with E-state index in [1.54, 1.807) is 6.33 Å². The van der Waals surface area contributed by atoms with Crippen molar-refractivity contribution in [2.45, 2.75) is 6.92 Å². The number of imidazole rings is 1. The van der Waals surface area contributed by atoms with E-state index >= 15 is 0 Å². The number of fused-ring (bicyclic) bond motifs is 1. The Morgan fingerprint density at radius 3 is 2.63 bits per heavy atom. The van der Waals surface area contributed by atoms with Crippen LogP contribution in [0.4, 0.5) is 11.5 Å². The Kier molecular flexibility index (Phi) is 2.83. The van der Waals surface area contributed by atoms with Crippen LogP contribution in [0.15, 0.2) is 30.6 Å². The lowest BCUT2D eigenvalue weighted by Crippen LogP contribution is -1.98. The first kappa shape index (κ1) is 11.9. The molecule has 2 aromatic heterocycles. The molecule has 0 radical (unpaired) electrons. The summed E-state index contributed by atoms with van der Waals surface area (Å²) in [6.45, 7) is 2.04. The van der Waals surface area contributed by atoms with Gasteiger partial charge in [0.25, 0.3) is 0 Å². The van der Waals surface area contributed by atoms with E-state index in [2.05, 4.69) is 20.3 Å². The molecule has 0 aliphatic heterocycles. The first-order chi connectivity index (χ1) is 9.13. The highest BCUT2D eigenvalue weighted by Crippen LogP contribution is 2.23. The molecule has 0 spiro atoms. The van der Waals surface area contributed by atoms with E-state index in [0.29, 0.717) is 17.0 Å². The van der Waals surface area contributed by atoms with Crippen LogP contribution in [-0.2, 0) is 7.05 Å². The Balaban J connectivity index is 2.07. The van der Waals surface area contributed by atoms with Gasteiger partial charge >= 0.3 is 0 Å². The van der Waals surface area contributed by atoms with Crippen LogP contribution >= 0.6 is 11.6 Å². The van der Waals surface area contributed by atoms with Gasteiger partial charge in [-0.25, -0.2) is 4.98 Å². The Morgan fingerprint density at radius 1 is 1.16 bits per heavy atom. The fourth-order valence-corrected chi connectivity index (χ4v) is 2.01. The first-order valence-electron chi connectivity index (χ1n) is 5.82. The Labute approximate surface area is 115 Å². The second-order valence-electron chi connectivity index (χ2n) is 4.36. The molecule has 0 unspecified atom stereocenters. The molecule has 19 heavy (non-hydrogen) atoms. The quantitative estimate of drug-likeness (QED) is 0.729. The minimum atomic E-state index is 0.200. The van der Waals surface area contributed by atoms with Crippen molar-refractivity contribution in [3.8, 4) is 0 Å². The van der Waals surface area contributed by atoms with E-state index in [9.17, 15) is 0 Å². The summed E-state index contributed by atoms with van der Waals surface area (Å²) >= 11 is 5.94. The average Bonchev–Trinajstić information content (AvgIpc) is 2.74. The number of nitrogens with zero attached hydrogens (tertiary/aromatic N) is 4. The van der Waals surface area contributed by atoms with Gasteiger partial charge in [0.2, 0.25) is 5.28 Å². The van der Waals surface area contributed by atoms with Crippen molar-refractivity contribution in [2.75, 3.05) is 5.32 Å². The van der Waals surface area contributed by atoms with Gasteiger partial charge in [0.05, 0.1) is 6.33 Å². The Bertz CT molecular complexity index is 733. The highest BCUT2D eigenvalue weighted by molar-refractivity contribution is 6.28. The largest absolute Gasteiger partial charge is 0.338 e. The molecule has 0 aliphatic rings. The smallest absolute Gasteiger partial charge is 0.226 e. The van der Waals surface area contributed by atoms with Crippen molar-refractivity contribution in [1.82, 2.24) is 19.5 Å². The fraction of sp³-hybridized carbons (Fsp3) is 0.154. The molecule has 0 atom stereocenters. The molecular formula is C13H12ClN5. The third-order valence-electron chi connectivity index (χ3n) is 2.85. The molecule has 0 saturated heterocycles. The zero-order valence-electron chi connectivity index (χ0n) is 10.6. The molecule has 0 saturated carbocycles. The maximum absolute atomic E-state index is 5.94. The number of rotatable bonds is 2. The molecule has 2 heterocycles. The minimum absolute atomic E-state index is 0.200. The minimum Gasteiger partial charge on any atom is -0.338 e. The van der Waals surface area contributed by atoms with Crippen LogP contribution in [0.1, 0.15) is 5.56 Å². The van der Waals surface area contributed by atoms with Crippen molar-refractivity contribution in [2.24, 2.45) is 7.05 Å². The van der Waals surface area contributed by atoms with Crippen molar-refractivity contribution < 1.29 is 0 Å². The van der Waals surface area contributed by atoms with E-state index in [0.717, 1.165) is 5.69 Å². The number of hydrogen-bond donors (Lipinski definition) is 1. The molecule has 0 bridgehead atoms. The molecular weight excluding hydrogens is 262 g/mol. The van der Waals surface area contributed by atoms with Gasteiger partial charge in [0.15, 0.2) is 17.0 Å². The lowest BCUT2D eigenvalue weighted by molar-refractivity contribution is 0.928. The van der Waals surface area contributed by atoms with Crippen LogP contribution in [-0.4, -0.2) is 19.5 Å². The summed E-state index contributed by atoms with van der Waals surface area (Å²) in [5.41, 5.74) is 3.55. The lowest BCUT2D eigenvalue weighted by Gasteiger charge is -2.07. The fourth-order valence-electron chi connectivity index (χ4n) is 1.84. The molecule has 5 nitrogen and oxygen atoms in total. The summed E-state index contributed by atoms with van der Waals surface area (Å²) in [7, 11) is 1.87. The van der Waals surface area contributed by atoms with Crippen LogP contribution in [0.2, 0.25) is 5.28 Å². The van der Waals surface area contributed by atoms with Gasteiger partial charge in [-0.05, 0) is 30.7 Å². The molecule has 0 fully saturated rings.